The van der Waals surface area contributed by atoms with Crippen molar-refractivity contribution in [2.45, 2.75) is 37.9 Å². The summed E-state index contributed by atoms with van der Waals surface area (Å²) in [7, 11) is 0. The Morgan fingerprint density at radius 1 is 1.04 bits per heavy atom. The molecule has 1 aliphatic carbocycles. The van der Waals surface area contributed by atoms with Crippen LogP contribution in [0.5, 0.6) is 0 Å². The molecule has 1 aliphatic heterocycles. The standard InChI is InChI=1S/C19H20N4O/c1-2-5-14(6-3-1)18-16-7-4-10-22(16)11-12-23(18)13-17-20-19(21-24-17)15-8-9-15/h1-7,10,15,18H,8-9,11-13H2/t18-/m0/s1. The Labute approximate surface area is 140 Å². The van der Waals surface area contributed by atoms with E-state index in [1.54, 1.807) is 0 Å². The molecule has 3 heterocycles. The molecule has 2 aromatic heterocycles. The minimum absolute atomic E-state index is 0.228. The first-order valence-electron chi connectivity index (χ1n) is 8.65. The van der Waals surface area contributed by atoms with Crippen LogP contribution in [-0.2, 0) is 13.1 Å². The van der Waals surface area contributed by atoms with Crippen LogP contribution < -0.4 is 0 Å². The van der Waals surface area contributed by atoms with Crippen LogP contribution in [0.15, 0.2) is 53.2 Å². The van der Waals surface area contributed by atoms with Crippen molar-refractivity contribution in [3.63, 3.8) is 0 Å². The van der Waals surface area contributed by atoms with Crippen LogP contribution in [0.1, 0.15) is 47.8 Å². The number of nitrogens with zero attached hydrogens (tertiary/aromatic N) is 4. The topological polar surface area (TPSA) is 47.1 Å². The van der Waals surface area contributed by atoms with E-state index in [1.165, 1.54) is 24.1 Å². The van der Waals surface area contributed by atoms with Gasteiger partial charge in [-0.05, 0) is 30.5 Å². The molecule has 1 fully saturated rings. The maximum absolute atomic E-state index is 5.51. The lowest BCUT2D eigenvalue weighted by Crippen LogP contribution is -2.38. The van der Waals surface area contributed by atoms with Gasteiger partial charge in [-0.2, -0.15) is 4.98 Å². The Morgan fingerprint density at radius 3 is 2.75 bits per heavy atom. The summed E-state index contributed by atoms with van der Waals surface area (Å²) >= 11 is 0. The second-order valence-corrected chi connectivity index (χ2v) is 6.73. The van der Waals surface area contributed by atoms with Crippen molar-refractivity contribution in [3.8, 4) is 0 Å². The molecule has 5 heteroatoms. The van der Waals surface area contributed by atoms with Gasteiger partial charge >= 0.3 is 0 Å². The average molecular weight is 320 g/mol. The summed E-state index contributed by atoms with van der Waals surface area (Å²) in [5, 5.41) is 4.16. The molecule has 0 unspecified atom stereocenters. The minimum atomic E-state index is 0.228. The molecule has 122 valence electrons. The van der Waals surface area contributed by atoms with Crippen molar-refractivity contribution < 1.29 is 4.52 Å². The number of fused-ring (bicyclic) bond motifs is 1. The normalized spacial score (nSPS) is 20.9. The van der Waals surface area contributed by atoms with Gasteiger partial charge in [-0.3, -0.25) is 4.90 Å². The zero-order valence-corrected chi connectivity index (χ0v) is 13.5. The lowest BCUT2D eigenvalue weighted by molar-refractivity contribution is 0.154. The predicted molar refractivity (Wildman–Crippen MR) is 89.4 cm³/mol. The molecule has 0 bridgehead atoms. The van der Waals surface area contributed by atoms with E-state index in [0.717, 1.165) is 24.8 Å². The zero-order chi connectivity index (χ0) is 15.9. The molecule has 1 saturated carbocycles. The average Bonchev–Trinajstić information content (AvgIpc) is 3.17. The third-order valence-corrected chi connectivity index (χ3v) is 5.02. The van der Waals surface area contributed by atoms with Crippen molar-refractivity contribution in [2.24, 2.45) is 0 Å². The van der Waals surface area contributed by atoms with Crippen LogP contribution in [-0.4, -0.2) is 26.2 Å². The van der Waals surface area contributed by atoms with E-state index in [9.17, 15) is 0 Å². The first-order valence-corrected chi connectivity index (χ1v) is 8.65. The molecule has 24 heavy (non-hydrogen) atoms. The van der Waals surface area contributed by atoms with Crippen molar-refractivity contribution in [1.29, 1.82) is 0 Å². The van der Waals surface area contributed by atoms with Crippen molar-refractivity contribution in [3.05, 3.63) is 71.6 Å². The molecule has 5 rings (SSSR count). The smallest absolute Gasteiger partial charge is 0.240 e. The van der Waals surface area contributed by atoms with E-state index < -0.39 is 0 Å². The molecule has 0 amide bonds. The van der Waals surface area contributed by atoms with E-state index >= 15 is 0 Å². The number of hydrogen-bond donors (Lipinski definition) is 0. The molecule has 5 nitrogen and oxygen atoms in total. The van der Waals surface area contributed by atoms with Gasteiger partial charge in [0, 0.05) is 30.9 Å². The van der Waals surface area contributed by atoms with Crippen molar-refractivity contribution >= 4 is 0 Å². The number of aromatic nitrogens is 3. The molecule has 0 N–H and O–H groups in total. The third-order valence-electron chi connectivity index (χ3n) is 5.02. The monoisotopic (exact) mass is 320 g/mol. The Hall–Kier alpha value is -2.40. The fourth-order valence-corrected chi connectivity index (χ4v) is 3.63. The summed E-state index contributed by atoms with van der Waals surface area (Å²) in [6.45, 7) is 2.67. The lowest BCUT2D eigenvalue weighted by Gasteiger charge is -2.36. The number of rotatable bonds is 4. The second kappa shape index (κ2) is 5.60. The minimum Gasteiger partial charge on any atom is -0.348 e. The van der Waals surface area contributed by atoms with Gasteiger partial charge in [-0.25, -0.2) is 0 Å². The molecular weight excluding hydrogens is 300 g/mol. The van der Waals surface area contributed by atoms with Gasteiger partial charge in [0.05, 0.1) is 12.6 Å². The fraction of sp³-hybridized carbons (Fsp3) is 0.368. The van der Waals surface area contributed by atoms with Crippen LogP contribution in [0.2, 0.25) is 0 Å². The first kappa shape index (κ1) is 14.0. The van der Waals surface area contributed by atoms with E-state index in [2.05, 4.69) is 68.3 Å². The Kier molecular flexibility index (Phi) is 3.26. The maximum Gasteiger partial charge on any atom is 0.240 e. The Bertz CT molecular complexity index is 834. The van der Waals surface area contributed by atoms with Crippen molar-refractivity contribution in [2.75, 3.05) is 6.54 Å². The predicted octanol–water partition coefficient (Wildman–Crippen LogP) is 3.35. The van der Waals surface area contributed by atoms with Crippen LogP contribution >= 0.6 is 0 Å². The fourth-order valence-electron chi connectivity index (χ4n) is 3.63. The van der Waals surface area contributed by atoms with Gasteiger partial charge in [-0.1, -0.05) is 35.5 Å². The molecule has 2 aliphatic rings. The Balaban J connectivity index is 1.47. The highest BCUT2D eigenvalue weighted by atomic mass is 16.5. The van der Waals surface area contributed by atoms with E-state index in [1.807, 2.05) is 0 Å². The van der Waals surface area contributed by atoms with Crippen LogP contribution in [0.25, 0.3) is 0 Å². The van der Waals surface area contributed by atoms with E-state index in [-0.39, 0.29) is 6.04 Å². The molecule has 0 saturated heterocycles. The second-order valence-electron chi connectivity index (χ2n) is 6.73. The molecule has 0 radical (unpaired) electrons. The number of hydrogen-bond acceptors (Lipinski definition) is 4. The van der Waals surface area contributed by atoms with Crippen LogP contribution in [0.3, 0.4) is 0 Å². The highest BCUT2D eigenvalue weighted by Crippen LogP contribution is 2.38. The third kappa shape index (κ3) is 2.45. The number of benzene rings is 1. The van der Waals surface area contributed by atoms with Crippen LogP contribution in [0, 0.1) is 0 Å². The lowest BCUT2D eigenvalue weighted by atomic mass is 10.00. The zero-order valence-electron chi connectivity index (χ0n) is 13.5. The van der Waals surface area contributed by atoms with Gasteiger partial charge < -0.3 is 9.09 Å². The summed E-state index contributed by atoms with van der Waals surface area (Å²) in [6.07, 6.45) is 4.56. The van der Waals surface area contributed by atoms with Gasteiger partial charge in [0.1, 0.15) is 0 Å². The molecule has 1 atom stereocenters. The molecule has 0 spiro atoms. The molecule has 3 aromatic rings. The van der Waals surface area contributed by atoms with E-state index in [0.29, 0.717) is 12.5 Å². The highest BCUT2D eigenvalue weighted by Gasteiger charge is 2.32. The van der Waals surface area contributed by atoms with Crippen molar-refractivity contribution in [1.82, 2.24) is 19.6 Å². The first-order chi connectivity index (χ1) is 11.9. The summed E-state index contributed by atoms with van der Waals surface area (Å²) in [5.74, 6) is 2.16. The summed E-state index contributed by atoms with van der Waals surface area (Å²) in [6, 6.07) is 15.2. The summed E-state index contributed by atoms with van der Waals surface area (Å²) < 4.78 is 7.86. The highest BCUT2D eigenvalue weighted by molar-refractivity contribution is 5.30. The largest absolute Gasteiger partial charge is 0.348 e. The van der Waals surface area contributed by atoms with Gasteiger partial charge in [0.2, 0.25) is 5.89 Å². The Morgan fingerprint density at radius 2 is 1.92 bits per heavy atom. The quantitative estimate of drug-likeness (QED) is 0.739. The van der Waals surface area contributed by atoms with Gasteiger partial charge in [0.25, 0.3) is 0 Å². The summed E-state index contributed by atoms with van der Waals surface area (Å²) in [4.78, 5) is 7.05. The van der Waals surface area contributed by atoms with Gasteiger partial charge in [0.15, 0.2) is 5.82 Å². The maximum atomic E-state index is 5.51. The summed E-state index contributed by atoms with van der Waals surface area (Å²) in [5.41, 5.74) is 2.63. The van der Waals surface area contributed by atoms with Crippen LogP contribution in [0.4, 0.5) is 0 Å². The SMILES string of the molecule is c1ccc([C@H]2c3cccn3CCN2Cc2nc(C3CC3)no2)cc1. The molecular formula is C19H20N4O. The van der Waals surface area contributed by atoms with Gasteiger partial charge in [-0.15, -0.1) is 0 Å². The van der Waals surface area contributed by atoms with E-state index in [4.69, 9.17) is 4.52 Å². The molecule has 1 aromatic carbocycles.